The van der Waals surface area contributed by atoms with Gasteiger partial charge in [-0.1, -0.05) is 6.07 Å². The van der Waals surface area contributed by atoms with Crippen molar-refractivity contribution in [2.45, 2.75) is 26.3 Å². The van der Waals surface area contributed by atoms with E-state index in [-0.39, 0.29) is 11.9 Å². The third kappa shape index (κ3) is 3.91. The molecule has 0 atom stereocenters. The van der Waals surface area contributed by atoms with E-state index in [9.17, 15) is 4.79 Å². The highest BCUT2D eigenvalue weighted by Gasteiger charge is 2.26. The number of hydrogen-bond donors (Lipinski definition) is 0. The van der Waals surface area contributed by atoms with Crippen molar-refractivity contribution in [3.05, 3.63) is 23.8 Å². The Morgan fingerprint density at radius 3 is 2.27 bits per heavy atom. The molecular weight excluding hydrogens is 282 g/mol. The maximum atomic E-state index is 11.8. The monoisotopic (exact) mass is 307 g/mol. The van der Waals surface area contributed by atoms with Crippen LogP contribution in [0.1, 0.15) is 25.3 Å². The molecule has 0 aromatic heterocycles. The number of piperidine rings is 1. The zero-order valence-electron chi connectivity index (χ0n) is 13.6. The predicted molar refractivity (Wildman–Crippen MR) is 84.2 cm³/mol. The number of esters is 1. The van der Waals surface area contributed by atoms with E-state index in [4.69, 9.17) is 14.2 Å². The van der Waals surface area contributed by atoms with Crippen LogP contribution in [0.2, 0.25) is 0 Å². The van der Waals surface area contributed by atoms with E-state index < -0.39 is 0 Å². The normalized spacial score (nSPS) is 16.3. The van der Waals surface area contributed by atoms with Gasteiger partial charge in [-0.05, 0) is 45.0 Å². The highest BCUT2D eigenvalue weighted by Crippen LogP contribution is 2.31. The largest absolute Gasteiger partial charge is 0.496 e. The zero-order chi connectivity index (χ0) is 15.9. The minimum absolute atomic E-state index is 0.0377. The van der Waals surface area contributed by atoms with Gasteiger partial charge in [0.25, 0.3) is 0 Å². The van der Waals surface area contributed by atoms with Crippen LogP contribution in [0.25, 0.3) is 0 Å². The molecule has 1 aromatic rings. The minimum atomic E-state index is -0.0583. The van der Waals surface area contributed by atoms with Gasteiger partial charge in [0.05, 0.1) is 32.3 Å². The second-order valence-electron chi connectivity index (χ2n) is 5.44. The van der Waals surface area contributed by atoms with Crippen molar-refractivity contribution in [2.75, 3.05) is 33.9 Å². The van der Waals surface area contributed by atoms with Gasteiger partial charge in [0.1, 0.15) is 11.5 Å². The quantitative estimate of drug-likeness (QED) is 0.756. The van der Waals surface area contributed by atoms with E-state index >= 15 is 0 Å². The number of carbonyl (C=O) groups is 1. The fourth-order valence-corrected chi connectivity index (χ4v) is 2.89. The average molecular weight is 307 g/mol. The Morgan fingerprint density at radius 1 is 1.18 bits per heavy atom. The Bertz CT molecular complexity index is 473. The van der Waals surface area contributed by atoms with Crippen molar-refractivity contribution in [3.63, 3.8) is 0 Å². The Morgan fingerprint density at radius 2 is 1.77 bits per heavy atom. The third-order valence-electron chi connectivity index (χ3n) is 4.12. The van der Waals surface area contributed by atoms with Gasteiger partial charge in [0.2, 0.25) is 0 Å². The molecule has 1 aromatic carbocycles. The summed E-state index contributed by atoms with van der Waals surface area (Å²) in [5.74, 6) is 1.66. The van der Waals surface area contributed by atoms with Crippen molar-refractivity contribution in [3.8, 4) is 11.5 Å². The molecule has 0 N–H and O–H groups in total. The lowest BCUT2D eigenvalue weighted by Gasteiger charge is -2.31. The molecule has 1 saturated heterocycles. The molecule has 0 amide bonds. The summed E-state index contributed by atoms with van der Waals surface area (Å²) in [5.41, 5.74) is 1.06. The lowest BCUT2D eigenvalue weighted by Crippen LogP contribution is -2.36. The number of likely N-dealkylation sites (tertiary alicyclic amines) is 1. The van der Waals surface area contributed by atoms with Crippen LogP contribution in [0.5, 0.6) is 11.5 Å². The summed E-state index contributed by atoms with van der Waals surface area (Å²) >= 11 is 0. The number of methoxy groups -OCH3 is 2. The van der Waals surface area contributed by atoms with Crippen molar-refractivity contribution in [1.29, 1.82) is 0 Å². The standard InChI is InChI=1S/C17H25NO4/c1-4-22-17(19)13-8-10-18(11-9-13)12-14-15(20-2)6-5-7-16(14)21-3/h5-7,13H,4,8-12H2,1-3H3. The summed E-state index contributed by atoms with van der Waals surface area (Å²) < 4.78 is 16.0. The second kappa shape index (κ2) is 8.03. The molecule has 0 radical (unpaired) electrons. The van der Waals surface area contributed by atoms with Crippen LogP contribution in [0.3, 0.4) is 0 Å². The van der Waals surface area contributed by atoms with E-state index in [1.165, 1.54) is 0 Å². The van der Waals surface area contributed by atoms with Crippen molar-refractivity contribution in [2.24, 2.45) is 5.92 Å². The molecule has 1 aliphatic rings. The molecule has 22 heavy (non-hydrogen) atoms. The van der Waals surface area contributed by atoms with Crippen LogP contribution in [0.4, 0.5) is 0 Å². The van der Waals surface area contributed by atoms with Crippen LogP contribution < -0.4 is 9.47 Å². The lowest BCUT2D eigenvalue weighted by atomic mass is 9.96. The number of hydrogen-bond acceptors (Lipinski definition) is 5. The Kier molecular flexibility index (Phi) is 6.07. The van der Waals surface area contributed by atoms with E-state index in [0.717, 1.165) is 49.5 Å². The molecule has 1 heterocycles. The van der Waals surface area contributed by atoms with Gasteiger partial charge in [-0.2, -0.15) is 0 Å². The molecule has 1 aliphatic heterocycles. The Balaban J connectivity index is 1.98. The first kappa shape index (κ1) is 16.6. The first-order valence-electron chi connectivity index (χ1n) is 7.78. The maximum absolute atomic E-state index is 11.8. The van der Waals surface area contributed by atoms with Crippen molar-refractivity contribution >= 4 is 5.97 Å². The van der Waals surface area contributed by atoms with Gasteiger partial charge in [-0.25, -0.2) is 0 Å². The molecule has 5 nitrogen and oxygen atoms in total. The number of ether oxygens (including phenoxy) is 3. The number of rotatable bonds is 6. The summed E-state index contributed by atoms with van der Waals surface area (Å²) in [6.45, 7) is 4.83. The fourth-order valence-electron chi connectivity index (χ4n) is 2.89. The predicted octanol–water partition coefficient (Wildman–Crippen LogP) is 2.48. The lowest BCUT2D eigenvalue weighted by molar-refractivity contribution is -0.149. The number of nitrogens with zero attached hydrogens (tertiary/aromatic N) is 1. The van der Waals surface area contributed by atoms with Crippen molar-refractivity contribution < 1.29 is 19.0 Å². The molecule has 0 aliphatic carbocycles. The average Bonchev–Trinajstić information content (AvgIpc) is 2.56. The van der Waals surface area contributed by atoms with Crippen LogP contribution >= 0.6 is 0 Å². The topological polar surface area (TPSA) is 48.0 Å². The molecule has 0 spiro atoms. The molecular formula is C17H25NO4. The highest BCUT2D eigenvalue weighted by atomic mass is 16.5. The van der Waals surface area contributed by atoms with Crippen LogP contribution in [-0.4, -0.2) is 44.8 Å². The highest BCUT2D eigenvalue weighted by molar-refractivity contribution is 5.72. The van der Waals surface area contributed by atoms with Gasteiger partial charge in [-0.3, -0.25) is 9.69 Å². The van der Waals surface area contributed by atoms with Gasteiger partial charge < -0.3 is 14.2 Å². The smallest absolute Gasteiger partial charge is 0.309 e. The summed E-state index contributed by atoms with van der Waals surface area (Å²) in [4.78, 5) is 14.1. The SMILES string of the molecule is CCOC(=O)C1CCN(Cc2c(OC)cccc2OC)CC1. The Labute approximate surface area is 132 Å². The van der Waals surface area contributed by atoms with E-state index in [2.05, 4.69) is 4.90 Å². The van der Waals surface area contributed by atoms with Gasteiger partial charge in [0, 0.05) is 6.54 Å². The summed E-state index contributed by atoms with van der Waals surface area (Å²) in [6.07, 6.45) is 1.69. The fraction of sp³-hybridized carbons (Fsp3) is 0.588. The number of carbonyl (C=O) groups excluding carboxylic acids is 1. The molecule has 0 saturated carbocycles. The number of benzene rings is 1. The minimum Gasteiger partial charge on any atom is -0.496 e. The Hall–Kier alpha value is -1.75. The van der Waals surface area contributed by atoms with Crippen molar-refractivity contribution in [1.82, 2.24) is 4.90 Å². The first-order chi connectivity index (χ1) is 10.7. The van der Waals surface area contributed by atoms with E-state index in [1.807, 2.05) is 25.1 Å². The third-order valence-corrected chi connectivity index (χ3v) is 4.12. The molecule has 1 fully saturated rings. The van der Waals surface area contributed by atoms with Crippen LogP contribution in [-0.2, 0) is 16.1 Å². The summed E-state index contributed by atoms with van der Waals surface area (Å²) in [5, 5.41) is 0. The van der Waals surface area contributed by atoms with Gasteiger partial charge in [0.15, 0.2) is 0 Å². The first-order valence-corrected chi connectivity index (χ1v) is 7.78. The molecule has 2 rings (SSSR count). The van der Waals surface area contributed by atoms with E-state index in [0.29, 0.717) is 6.61 Å². The maximum Gasteiger partial charge on any atom is 0.309 e. The van der Waals surface area contributed by atoms with Gasteiger partial charge >= 0.3 is 5.97 Å². The molecule has 122 valence electrons. The summed E-state index contributed by atoms with van der Waals surface area (Å²) in [7, 11) is 3.34. The molecule has 0 bridgehead atoms. The summed E-state index contributed by atoms with van der Waals surface area (Å²) in [6, 6.07) is 5.82. The van der Waals surface area contributed by atoms with Gasteiger partial charge in [-0.15, -0.1) is 0 Å². The molecule has 5 heteroatoms. The van der Waals surface area contributed by atoms with Crippen LogP contribution in [0.15, 0.2) is 18.2 Å². The molecule has 0 unspecified atom stereocenters. The second-order valence-corrected chi connectivity index (χ2v) is 5.44. The van der Waals surface area contributed by atoms with E-state index in [1.54, 1.807) is 14.2 Å². The zero-order valence-corrected chi connectivity index (χ0v) is 13.6. The van der Waals surface area contributed by atoms with Crippen LogP contribution in [0, 0.1) is 5.92 Å².